The molecule has 0 aromatic rings. The average Bonchev–Trinajstić information content (AvgIpc) is 1.66. The Bertz CT molecular complexity index is 73.7. The first kappa shape index (κ1) is 7.39. The van der Waals surface area contributed by atoms with Crippen LogP contribution in [0.3, 0.4) is 0 Å². The lowest BCUT2D eigenvalue weighted by molar-refractivity contribution is -0.117. The second-order valence-corrected chi connectivity index (χ2v) is 1.42. The molecule has 5 N–H and O–H groups in total. The lowest BCUT2D eigenvalue weighted by Crippen LogP contribution is -2.26. The van der Waals surface area contributed by atoms with Gasteiger partial charge in [0.05, 0.1) is 0 Å². The molecule has 0 unspecified atom stereocenters. The summed E-state index contributed by atoms with van der Waals surface area (Å²) in [5, 5.41) is 2.76. The van der Waals surface area contributed by atoms with Crippen molar-refractivity contribution in [2.75, 3.05) is 13.2 Å². The van der Waals surface area contributed by atoms with Gasteiger partial charge >= 0.3 is 0 Å². The number of primary amides is 1. The van der Waals surface area contributed by atoms with Crippen LogP contribution in [0.1, 0.15) is 6.42 Å². The molecule has 4 nitrogen and oxygen atoms in total. The molecule has 0 spiro atoms. The van der Waals surface area contributed by atoms with Gasteiger partial charge in [-0.2, -0.15) is 0 Å². The summed E-state index contributed by atoms with van der Waals surface area (Å²) in [7, 11) is 0. The van der Waals surface area contributed by atoms with E-state index in [2.05, 4.69) is 5.32 Å². The first-order valence-corrected chi connectivity index (χ1v) is 2.46. The second kappa shape index (κ2) is 4.55. The largest absolute Gasteiger partial charge is 0.370 e. The Kier molecular flexibility index (Phi) is 4.20. The van der Waals surface area contributed by atoms with Crippen LogP contribution >= 0.6 is 0 Å². The van der Waals surface area contributed by atoms with Crippen molar-refractivity contribution in [1.82, 2.24) is 5.32 Å². The highest BCUT2D eigenvalue weighted by molar-refractivity contribution is 5.73. The molecule has 0 aliphatic heterocycles. The van der Waals surface area contributed by atoms with Gasteiger partial charge in [-0.05, 0) is 0 Å². The Labute approximate surface area is 48.2 Å². The van der Waals surface area contributed by atoms with Crippen LogP contribution in [0.4, 0.5) is 0 Å². The summed E-state index contributed by atoms with van der Waals surface area (Å²) >= 11 is 0. The zero-order valence-corrected chi connectivity index (χ0v) is 4.68. The van der Waals surface area contributed by atoms with E-state index in [9.17, 15) is 4.79 Å². The molecule has 0 radical (unpaired) electrons. The van der Waals surface area contributed by atoms with Gasteiger partial charge in [-0.25, -0.2) is 0 Å². The molecule has 0 rings (SSSR count). The maximum Gasteiger partial charge on any atom is 0.218 e. The van der Waals surface area contributed by atoms with E-state index in [4.69, 9.17) is 11.5 Å². The summed E-state index contributed by atoms with van der Waals surface area (Å²) in [5.74, 6) is -0.300. The highest BCUT2D eigenvalue weighted by Gasteiger charge is 1.89. The Morgan fingerprint density at radius 3 is 2.62 bits per heavy atom. The average molecular weight is 117 g/mol. The van der Waals surface area contributed by atoms with Crippen LogP contribution in [-0.4, -0.2) is 19.1 Å². The molecule has 1 amide bonds. The molecular formula is C4H11N3O. The van der Waals surface area contributed by atoms with Crippen molar-refractivity contribution in [3.63, 3.8) is 0 Å². The minimum absolute atomic E-state index is 0.300. The summed E-state index contributed by atoms with van der Waals surface area (Å²) in [5.41, 5.74) is 9.86. The number of carbonyl (C=O) groups excluding carboxylic acids is 1. The minimum atomic E-state index is -0.300. The maximum atomic E-state index is 10.0. The number of nitrogens with one attached hydrogen (secondary N) is 1. The Morgan fingerprint density at radius 1 is 1.62 bits per heavy atom. The summed E-state index contributed by atoms with van der Waals surface area (Å²) < 4.78 is 0. The SMILES string of the molecule is NCNCCC(N)=O. The number of nitrogens with two attached hydrogens (primary N) is 2. The van der Waals surface area contributed by atoms with Crippen molar-refractivity contribution in [2.45, 2.75) is 6.42 Å². The fourth-order valence-electron chi connectivity index (χ4n) is 0.314. The normalized spacial score (nSPS) is 9.12. The molecule has 0 atom stereocenters. The number of rotatable bonds is 4. The molecule has 0 fully saturated rings. The molecule has 0 saturated heterocycles. The van der Waals surface area contributed by atoms with E-state index in [0.717, 1.165) is 0 Å². The van der Waals surface area contributed by atoms with E-state index >= 15 is 0 Å². The first-order chi connectivity index (χ1) is 3.77. The molecule has 4 heteroatoms. The fourth-order valence-corrected chi connectivity index (χ4v) is 0.314. The van der Waals surface area contributed by atoms with E-state index < -0.39 is 0 Å². The summed E-state index contributed by atoms with van der Waals surface area (Å²) in [4.78, 5) is 10.0. The monoisotopic (exact) mass is 117 g/mol. The van der Waals surface area contributed by atoms with Crippen molar-refractivity contribution in [2.24, 2.45) is 11.5 Å². The second-order valence-electron chi connectivity index (χ2n) is 1.42. The number of carbonyl (C=O) groups is 1. The van der Waals surface area contributed by atoms with Crippen LogP contribution < -0.4 is 16.8 Å². The molecule has 8 heavy (non-hydrogen) atoms. The third kappa shape index (κ3) is 5.39. The van der Waals surface area contributed by atoms with Crippen LogP contribution in [0.2, 0.25) is 0 Å². The standard InChI is InChI=1S/C4H11N3O/c5-3-7-2-1-4(6)8/h7H,1-3,5H2,(H2,6,8). The smallest absolute Gasteiger partial charge is 0.218 e. The quantitative estimate of drug-likeness (QED) is 0.305. The topological polar surface area (TPSA) is 81.1 Å². The van der Waals surface area contributed by atoms with Crippen LogP contribution in [0.25, 0.3) is 0 Å². The Morgan fingerprint density at radius 2 is 2.25 bits per heavy atom. The molecule has 0 aliphatic carbocycles. The summed E-state index contributed by atoms with van der Waals surface area (Å²) in [6.07, 6.45) is 0.358. The Balaban J connectivity index is 2.82. The van der Waals surface area contributed by atoms with Gasteiger partial charge in [0, 0.05) is 19.6 Å². The Hall–Kier alpha value is -0.610. The van der Waals surface area contributed by atoms with Gasteiger partial charge in [0.1, 0.15) is 0 Å². The van der Waals surface area contributed by atoms with E-state index in [1.54, 1.807) is 0 Å². The van der Waals surface area contributed by atoms with E-state index in [0.29, 0.717) is 19.6 Å². The highest BCUT2D eigenvalue weighted by Crippen LogP contribution is 1.68. The predicted octanol–water partition coefficient (Wildman–Crippen LogP) is -1.63. The van der Waals surface area contributed by atoms with Crippen LogP contribution in [0, 0.1) is 0 Å². The number of amides is 1. The van der Waals surface area contributed by atoms with Gasteiger partial charge in [-0.1, -0.05) is 0 Å². The van der Waals surface area contributed by atoms with E-state index in [-0.39, 0.29) is 5.91 Å². The maximum absolute atomic E-state index is 10.0. The predicted molar refractivity (Wildman–Crippen MR) is 30.9 cm³/mol. The molecular weight excluding hydrogens is 106 g/mol. The minimum Gasteiger partial charge on any atom is -0.370 e. The number of hydrogen-bond acceptors (Lipinski definition) is 3. The zero-order valence-electron chi connectivity index (χ0n) is 4.68. The van der Waals surface area contributed by atoms with Crippen molar-refractivity contribution >= 4 is 5.91 Å². The molecule has 0 aromatic heterocycles. The zero-order chi connectivity index (χ0) is 6.41. The van der Waals surface area contributed by atoms with Gasteiger partial charge in [0.15, 0.2) is 0 Å². The van der Waals surface area contributed by atoms with Crippen molar-refractivity contribution < 1.29 is 4.79 Å². The molecule has 0 aromatic carbocycles. The lowest BCUT2D eigenvalue weighted by Gasteiger charge is -1.94. The lowest BCUT2D eigenvalue weighted by atomic mass is 10.4. The van der Waals surface area contributed by atoms with Gasteiger partial charge < -0.3 is 16.8 Å². The first-order valence-electron chi connectivity index (χ1n) is 2.46. The van der Waals surface area contributed by atoms with Crippen molar-refractivity contribution in [3.05, 3.63) is 0 Å². The molecule has 0 heterocycles. The van der Waals surface area contributed by atoms with Crippen molar-refractivity contribution in [3.8, 4) is 0 Å². The third-order valence-electron chi connectivity index (χ3n) is 0.693. The molecule has 0 aliphatic rings. The van der Waals surface area contributed by atoms with E-state index in [1.165, 1.54) is 0 Å². The summed E-state index contributed by atoms with van der Waals surface area (Å²) in [6, 6.07) is 0. The number of hydrogen-bond donors (Lipinski definition) is 3. The summed E-state index contributed by atoms with van der Waals surface area (Å²) in [6.45, 7) is 0.971. The van der Waals surface area contributed by atoms with Crippen LogP contribution in [0.15, 0.2) is 0 Å². The van der Waals surface area contributed by atoms with E-state index in [1.807, 2.05) is 0 Å². The van der Waals surface area contributed by atoms with Gasteiger partial charge in [0.2, 0.25) is 5.91 Å². The van der Waals surface area contributed by atoms with Crippen LogP contribution in [-0.2, 0) is 4.79 Å². The molecule has 0 bridgehead atoms. The third-order valence-corrected chi connectivity index (χ3v) is 0.693. The van der Waals surface area contributed by atoms with Gasteiger partial charge in [-0.3, -0.25) is 4.79 Å². The fraction of sp³-hybridized carbons (Fsp3) is 0.750. The van der Waals surface area contributed by atoms with Crippen molar-refractivity contribution in [1.29, 1.82) is 0 Å². The highest BCUT2D eigenvalue weighted by atomic mass is 16.1. The van der Waals surface area contributed by atoms with Crippen LogP contribution in [0.5, 0.6) is 0 Å². The molecule has 48 valence electrons. The molecule has 0 saturated carbocycles. The van der Waals surface area contributed by atoms with Gasteiger partial charge in [0.25, 0.3) is 0 Å². The van der Waals surface area contributed by atoms with Gasteiger partial charge in [-0.15, -0.1) is 0 Å².